The third kappa shape index (κ3) is 4.38. The number of Topliss-reactive ketones (excluding diaryl/α,β-unsaturated/α-hetero) is 1. The Morgan fingerprint density at radius 1 is 0.943 bits per heavy atom. The number of ketones is 1. The second kappa shape index (κ2) is 9.42. The van der Waals surface area contributed by atoms with Crippen molar-refractivity contribution in [3.05, 3.63) is 77.0 Å². The van der Waals surface area contributed by atoms with Crippen molar-refractivity contribution in [2.45, 2.75) is 13.8 Å². The molecule has 8 nitrogen and oxygen atoms in total. The summed E-state index contributed by atoms with van der Waals surface area (Å²) in [7, 11) is 0. The van der Waals surface area contributed by atoms with E-state index in [1.807, 2.05) is 13.8 Å². The Hall–Kier alpha value is -4.46. The molecule has 2 aliphatic rings. The molecule has 0 bridgehead atoms. The summed E-state index contributed by atoms with van der Waals surface area (Å²) in [4.78, 5) is 25.9. The number of allylic oxidation sites excluding steroid dienone is 1. The summed E-state index contributed by atoms with van der Waals surface area (Å²) in [5, 5.41) is 0. The summed E-state index contributed by atoms with van der Waals surface area (Å²) < 4.78 is 33.4. The normalized spacial score (nSPS) is 14.5. The van der Waals surface area contributed by atoms with Crippen molar-refractivity contribution < 1.29 is 38.0 Å². The van der Waals surface area contributed by atoms with Gasteiger partial charge in [0, 0.05) is 11.6 Å². The van der Waals surface area contributed by atoms with Crippen LogP contribution in [0, 0.1) is 0 Å². The van der Waals surface area contributed by atoms with Gasteiger partial charge in [0.05, 0.1) is 24.3 Å². The van der Waals surface area contributed by atoms with Crippen molar-refractivity contribution in [3.8, 4) is 34.5 Å². The molecule has 35 heavy (non-hydrogen) atoms. The second-order valence-electron chi connectivity index (χ2n) is 7.60. The SMILES string of the molecule is CCOc1ccc2c(c1)O/C(=C\c1cccc(OCC)c1OC(=O)c1ccc3c(c1)OCO3)C2=O. The molecule has 5 rings (SSSR count). The van der Waals surface area contributed by atoms with Crippen LogP contribution in [0.15, 0.2) is 60.4 Å². The molecule has 0 unspecified atom stereocenters. The molecule has 0 amide bonds. The van der Waals surface area contributed by atoms with E-state index in [0.29, 0.717) is 53.1 Å². The van der Waals surface area contributed by atoms with Crippen LogP contribution in [-0.2, 0) is 0 Å². The van der Waals surface area contributed by atoms with Crippen LogP contribution in [0.5, 0.6) is 34.5 Å². The molecule has 0 saturated heterocycles. The molecule has 8 heteroatoms. The molecule has 3 aromatic rings. The molecule has 178 valence electrons. The van der Waals surface area contributed by atoms with Crippen molar-refractivity contribution in [3.63, 3.8) is 0 Å². The smallest absolute Gasteiger partial charge is 0.343 e. The number of fused-ring (bicyclic) bond motifs is 2. The van der Waals surface area contributed by atoms with Gasteiger partial charge < -0.3 is 28.4 Å². The molecule has 2 heterocycles. The van der Waals surface area contributed by atoms with Crippen molar-refractivity contribution >= 4 is 17.8 Å². The van der Waals surface area contributed by atoms with Gasteiger partial charge in [-0.15, -0.1) is 0 Å². The molecule has 2 aliphatic heterocycles. The fraction of sp³-hybridized carbons (Fsp3) is 0.185. The first-order valence-electron chi connectivity index (χ1n) is 11.2. The molecule has 0 fully saturated rings. The number of hydrogen-bond acceptors (Lipinski definition) is 8. The third-order valence-corrected chi connectivity index (χ3v) is 5.35. The van der Waals surface area contributed by atoms with E-state index in [1.54, 1.807) is 54.6 Å². The van der Waals surface area contributed by atoms with E-state index >= 15 is 0 Å². The number of para-hydroxylation sites is 1. The van der Waals surface area contributed by atoms with Gasteiger partial charge in [0.25, 0.3) is 0 Å². The third-order valence-electron chi connectivity index (χ3n) is 5.35. The highest BCUT2D eigenvalue weighted by molar-refractivity contribution is 6.14. The Morgan fingerprint density at radius 2 is 1.77 bits per heavy atom. The van der Waals surface area contributed by atoms with Crippen LogP contribution >= 0.6 is 0 Å². The van der Waals surface area contributed by atoms with Gasteiger partial charge in [-0.2, -0.15) is 0 Å². The standard InChI is InChI=1S/C27H22O8/c1-3-30-18-9-10-19-22(14-18)34-24(25(19)28)12-16-6-5-7-21(31-4-2)26(16)35-27(29)17-8-11-20-23(13-17)33-15-32-20/h5-14H,3-4,15H2,1-2H3/b24-12-. The number of ether oxygens (including phenoxy) is 6. The highest BCUT2D eigenvalue weighted by atomic mass is 16.7. The predicted octanol–water partition coefficient (Wildman–Crippen LogP) is 5.05. The van der Waals surface area contributed by atoms with E-state index in [2.05, 4.69) is 0 Å². The zero-order valence-electron chi connectivity index (χ0n) is 19.2. The fourth-order valence-corrected chi connectivity index (χ4v) is 3.76. The van der Waals surface area contributed by atoms with E-state index < -0.39 is 5.97 Å². The van der Waals surface area contributed by atoms with E-state index in [1.165, 1.54) is 6.08 Å². The van der Waals surface area contributed by atoms with E-state index in [4.69, 9.17) is 28.4 Å². The van der Waals surface area contributed by atoms with Crippen LogP contribution in [-0.4, -0.2) is 31.8 Å². The van der Waals surface area contributed by atoms with Gasteiger partial charge in [-0.25, -0.2) is 4.79 Å². The Labute approximate surface area is 201 Å². The van der Waals surface area contributed by atoms with Gasteiger partial charge in [-0.3, -0.25) is 4.79 Å². The van der Waals surface area contributed by atoms with Crippen molar-refractivity contribution in [1.82, 2.24) is 0 Å². The zero-order chi connectivity index (χ0) is 24.4. The highest BCUT2D eigenvalue weighted by Crippen LogP contribution is 2.39. The summed E-state index contributed by atoms with van der Waals surface area (Å²) in [6.07, 6.45) is 1.54. The second-order valence-corrected chi connectivity index (χ2v) is 7.60. The fourth-order valence-electron chi connectivity index (χ4n) is 3.76. The lowest BCUT2D eigenvalue weighted by Crippen LogP contribution is -2.11. The molecule has 0 atom stereocenters. The van der Waals surface area contributed by atoms with E-state index in [9.17, 15) is 9.59 Å². The minimum Gasteiger partial charge on any atom is -0.494 e. The number of rotatable bonds is 7. The Balaban J connectivity index is 1.47. The minimum atomic E-state index is -0.613. The summed E-state index contributed by atoms with van der Waals surface area (Å²) in [6.45, 7) is 4.65. The van der Waals surface area contributed by atoms with Gasteiger partial charge in [0.15, 0.2) is 28.8 Å². The number of carbonyl (C=O) groups is 2. The van der Waals surface area contributed by atoms with Gasteiger partial charge >= 0.3 is 5.97 Å². The van der Waals surface area contributed by atoms with Crippen LogP contribution in [0.4, 0.5) is 0 Å². The first-order chi connectivity index (χ1) is 17.1. The summed E-state index contributed by atoms with van der Waals surface area (Å²) in [5.41, 5.74) is 1.16. The maximum atomic E-state index is 13.0. The van der Waals surface area contributed by atoms with Gasteiger partial charge in [-0.1, -0.05) is 12.1 Å². The maximum absolute atomic E-state index is 13.0. The largest absolute Gasteiger partial charge is 0.494 e. The molecular formula is C27H22O8. The molecule has 3 aromatic carbocycles. The van der Waals surface area contributed by atoms with E-state index in [0.717, 1.165) is 0 Å². The molecule has 0 spiro atoms. The minimum absolute atomic E-state index is 0.0984. The molecule has 0 radical (unpaired) electrons. The van der Waals surface area contributed by atoms with Crippen molar-refractivity contribution in [2.24, 2.45) is 0 Å². The maximum Gasteiger partial charge on any atom is 0.343 e. The van der Waals surface area contributed by atoms with Crippen molar-refractivity contribution in [2.75, 3.05) is 20.0 Å². The van der Waals surface area contributed by atoms with Crippen LogP contribution in [0.2, 0.25) is 0 Å². The van der Waals surface area contributed by atoms with Crippen LogP contribution in [0.3, 0.4) is 0 Å². The lowest BCUT2D eigenvalue weighted by molar-refractivity contribution is 0.0727. The first-order valence-corrected chi connectivity index (χ1v) is 11.2. The number of carbonyl (C=O) groups excluding carboxylic acids is 2. The molecule has 0 aromatic heterocycles. The molecular weight excluding hydrogens is 452 g/mol. The van der Waals surface area contributed by atoms with Crippen LogP contribution in [0.25, 0.3) is 6.08 Å². The summed E-state index contributed by atoms with van der Waals surface area (Å²) in [6, 6.07) is 15.0. The van der Waals surface area contributed by atoms with E-state index in [-0.39, 0.29) is 29.6 Å². The molecule has 0 aliphatic carbocycles. The highest BCUT2D eigenvalue weighted by Gasteiger charge is 2.29. The van der Waals surface area contributed by atoms with Crippen LogP contribution in [0.1, 0.15) is 40.1 Å². The van der Waals surface area contributed by atoms with Gasteiger partial charge in [-0.05, 0) is 56.3 Å². The topological polar surface area (TPSA) is 89.5 Å². The average Bonchev–Trinajstić information content (AvgIpc) is 3.45. The number of hydrogen-bond donors (Lipinski definition) is 0. The lowest BCUT2D eigenvalue weighted by atomic mass is 10.1. The quantitative estimate of drug-likeness (QED) is 0.267. The first kappa shape index (κ1) is 22.3. The Kier molecular flexibility index (Phi) is 6.01. The van der Waals surface area contributed by atoms with Crippen molar-refractivity contribution in [1.29, 1.82) is 0 Å². The average molecular weight is 474 g/mol. The molecule has 0 saturated carbocycles. The number of esters is 1. The predicted molar refractivity (Wildman–Crippen MR) is 126 cm³/mol. The Morgan fingerprint density at radius 3 is 2.60 bits per heavy atom. The van der Waals surface area contributed by atoms with Gasteiger partial charge in [0.2, 0.25) is 12.6 Å². The zero-order valence-corrected chi connectivity index (χ0v) is 19.2. The summed E-state index contributed by atoms with van der Waals surface area (Å²) in [5.74, 6) is 1.78. The van der Waals surface area contributed by atoms with Crippen LogP contribution < -0.4 is 28.4 Å². The number of benzene rings is 3. The monoisotopic (exact) mass is 474 g/mol. The molecule has 0 N–H and O–H groups in total. The Bertz CT molecular complexity index is 1340. The summed E-state index contributed by atoms with van der Waals surface area (Å²) >= 11 is 0. The lowest BCUT2D eigenvalue weighted by Gasteiger charge is -2.13. The van der Waals surface area contributed by atoms with Gasteiger partial charge in [0.1, 0.15) is 11.5 Å².